The molecule has 20 heavy (non-hydrogen) atoms. The zero-order valence-corrected chi connectivity index (χ0v) is 14.5. The minimum atomic E-state index is -3.51. The van der Waals surface area contributed by atoms with Gasteiger partial charge in [-0.25, -0.2) is 13.1 Å². The maximum Gasteiger partial charge on any atom is 0.241 e. The van der Waals surface area contributed by atoms with Crippen LogP contribution in [-0.2, 0) is 10.0 Å². The summed E-state index contributed by atoms with van der Waals surface area (Å²) in [6, 6.07) is 4.78. The molecule has 0 aromatic heterocycles. The molecular weight excluding hydrogens is 360 g/mol. The number of nitrogen functional groups attached to an aromatic ring is 1. The Bertz CT molecular complexity index is 578. The molecule has 2 rings (SSSR count). The summed E-state index contributed by atoms with van der Waals surface area (Å²) in [5.41, 5.74) is 6.19. The second kappa shape index (κ2) is 6.68. The predicted molar refractivity (Wildman–Crippen MR) is 88.4 cm³/mol. The molecule has 3 N–H and O–H groups in total. The van der Waals surface area contributed by atoms with Gasteiger partial charge in [0.2, 0.25) is 10.0 Å². The van der Waals surface area contributed by atoms with E-state index in [0.717, 1.165) is 25.0 Å². The molecule has 7 heteroatoms. The van der Waals surface area contributed by atoms with Crippen molar-refractivity contribution >= 4 is 43.4 Å². The van der Waals surface area contributed by atoms with E-state index in [2.05, 4.69) is 27.6 Å². The molecule has 1 aliphatic carbocycles. The highest BCUT2D eigenvalue weighted by atomic mass is 79.9. The second-order valence-corrected chi connectivity index (χ2v) is 8.90. The van der Waals surface area contributed by atoms with Crippen molar-refractivity contribution in [3.8, 4) is 0 Å². The monoisotopic (exact) mass is 378 g/mol. The minimum absolute atomic E-state index is 0.0226. The van der Waals surface area contributed by atoms with Crippen LogP contribution in [0.4, 0.5) is 5.69 Å². The first-order chi connectivity index (χ1) is 9.44. The Hall–Kier alpha value is -0.240. The smallest absolute Gasteiger partial charge is 0.241 e. The lowest BCUT2D eigenvalue weighted by Gasteiger charge is -2.20. The number of rotatable bonds is 5. The molecule has 112 valence electrons. The van der Waals surface area contributed by atoms with Crippen molar-refractivity contribution in [2.24, 2.45) is 0 Å². The summed E-state index contributed by atoms with van der Waals surface area (Å²) in [6.07, 6.45) is 3.06. The molecule has 0 amide bonds. The topological polar surface area (TPSA) is 72.2 Å². The number of sulfonamides is 1. The summed E-state index contributed by atoms with van der Waals surface area (Å²) < 4.78 is 28.3. The van der Waals surface area contributed by atoms with Crippen LogP contribution < -0.4 is 10.5 Å². The molecule has 0 spiro atoms. The molecule has 1 saturated carbocycles. The fraction of sp³-hybridized carbons (Fsp3) is 0.538. The third-order valence-electron chi connectivity index (χ3n) is 3.39. The SMILES string of the molecule is CCSC1CCCC1NS(=O)(=O)c1ccc(N)cc1Br. The first-order valence-corrected chi connectivity index (χ1v) is 9.95. The number of halogens is 1. The molecule has 0 radical (unpaired) electrons. The maximum atomic E-state index is 12.5. The van der Waals surface area contributed by atoms with E-state index in [9.17, 15) is 8.42 Å². The van der Waals surface area contributed by atoms with Gasteiger partial charge in [0.05, 0.1) is 4.90 Å². The van der Waals surface area contributed by atoms with Gasteiger partial charge in [0, 0.05) is 21.5 Å². The van der Waals surface area contributed by atoms with Crippen LogP contribution in [-0.4, -0.2) is 25.5 Å². The lowest BCUT2D eigenvalue weighted by atomic mass is 10.3. The quantitative estimate of drug-likeness (QED) is 0.772. The van der Waals surface area contributed by atoms with Gasteiger partial charge in [0.1, 0.15) is 0 Å². The average Bonchev–Trinajstić information content (AvgIpc) is 2.76. The summed E-state index contributed by atoms with van der Waals surface area (Å²) in [5, 5.41) is 0.377. The van der Waals surface area contributed by atoms with Crippen LogP contribution in [0.5, 0.6) is 0 Å². The number of hydrogen-bond acceptors (Lipinski definition) is 4. The molecule has 2 atom stereocenters. The zero-order chi connectivity index (χ0) is 14.8. The van der Waals surface area contributed by atoms with Gasteiger partial charge in [0.15, 0.2) is 0 Å². The molecule has 1 fully saturated rings. The van der Waals surface area contributed by atoms with Crippen LogP contribution in [0.25, 0.3) is 0 Å². The van der Waals surface area contributed by atoms with E-state index in [1.165, 1.54) is 0 Å². The summed E-state index contributed by atoms with van der Waals surface area (Å²) in [5.74, 6) is 1.01. The van der Waals surface area contributed by atoms with Gasteiger partial charge in [0.25, 0.3) is 0 Å². The number of nitrogens with one attached hydrogen (secondary N) is 1. The molecule has 1 aliphatic rings. The fourth-order valence-corrected chi connectivity index (χ4v) is 6.16. The lowest BCUT2D eigenvalue weighted by Crippen LogP contribution is -2.38. The van der Waals surface area contributed by atoms with Gasteiger partial charge in [-0.05, 0) is 52.7 Å². The Kier molecular flexibility index (Phi) is 5.39. The number of thioether (sulfide) groups is 1. The highest BCUT2D eigenvalue weighted by Crippen LogP contribution is 2.32. The normalized spacial score (nSPS) is 23.1. The van der Waals surface area contributed by atoms with Crippen molar-refractivity contribution < 1.29 is 8.42 Å². The van der Waals surface area contributed by atoms with Gasteiger partial charge in [-0.3, -0.25) is 0 Å². The standard InChI is InChI=1S/C13H19BrN2O2S2/c1-2-19-12-5-3-4-11(12)16-20(17,18)13-7-6-9(15)8-10(13)14/h6-8,11-12,16H,2-5,15H2,1H3. The first kappa shape index (κ1) is 16.1. The van der Waals surface area contributed by atoms with Crippen LogP contribution in [0.15, 0.2) is 27.6 Å². The molecule has 1 aromatic rings. The van der Waals surface area contributed by atoms with Crippen LogP contribution in [0.3, 0.4) is 0 Å². The van der Waals surface area contributed by atoms with Crippen molar-refractivity contribution in [1.82, 2.24) is 4.72 Å². The van der Waals surface area contributed by atoms with Gasteiger partial charge >= 0.3 is 0 Å². The van der Waals surface area contributed by atoms with E-state index in [-0.39, 0.29) is 10.9 Å². The van der Waals surface area contributed by atoms with E-state index in [0.29, 0.717) is 15.4 Å². The zero-order valence-electron chi connectivity index (χ0n) is 11.3. The molecule has 2 unspecified atom stereocenters. The summed E-state index contributed by atoms with van der Waals surface area (Å²) in [7, 11) is -3.51. The Labute approximate surface area is 133 Å². The van der Waals surface area contributed by atoms with Crippen molar-refractivity contribution in [1.29, 1.82) is 0 Å². The van der Waals surface area contributed by atoms with Gasteiger partial charge in [-0.1, -0.05) is 13.3 Å². The Morgan fingerprint density at radius 3 is 2.85 bits per heavy atom. The van der Waals surface area contributed by atoms with Crippen LogP contribution in [0, 0.1) is 0 Å². The molecule has 0 heterocycles. The van der Waals surface area contributed by atoms with Crippen molar-refractivity contribution in [2.45, 2.75) is 42.4 Å². The predicted octanol–water partition coefficient (Wildman–Crippen LogP) is 2.98. The molecule has 0 saturated heterocycles. The third-order valence-corrected chi connectivity index (χ3v) is 7.18. The summed E-state index contributed by atoms with van der Waals surface area (Å²) in [6.45, 7) is 2.10. The number of hydrogen-bond donors (Lipinski definition) is 2. The highest BCUT2D eigenvalue weighted by molar-refractivity contribution is 9.10. The van der Waals surface area contributed by atoms with Crippen molar-refractivity contribution in [2.75, 3.05) is 11.5 Å². The Morgan fingerprint density at radius 1 is 1.45 bits per heavy atom. The number of anilines is 1. The highest BCUT2D eigenvalue weighted by Gasteiger charge is 2.31. The first-order valence-electron chi connectivity index (χ1n) is 6.63. The lowest BCUT2D eigenvalue weighted by molar-refractivity contribution is 0.554. The summed E-state index contributed by atoms with van der Waals surface area (Å²) >= 11 is 5.10. The van der Waals surface area contributed by atoms with E-state index in [1.54, 1.807) is 18.2 Å². The minimum Gasteiger partial charge on any atom is -0.399 e. The molecule has 0 bridgehead atoms. The van der Waals surface area contributed by atoms with Gasteiger partial charge in [-0.2, -0.15) is 11.8 Å². The number of nitrogens with two attached hydrogens (primary N) is 1. The van der Waals surface area contributed by atoms with E-state index in [1.807, 2.05) is 11.8 Å². The van der Waals surface area contributed by atoms with Crippen LogP contribution in [0.1, 0.15) is 26.2 Å². The molecule has 0 aliphatic heterocycles. The second-order valence-electron chi connectivity index (χ2n) is 4.84. The largest absolute Gasteiger partial charge is 0.399 e. The number of benzene rings is 1. The van der Waals surface area contributed by atoms with Crippen LogP contribution in [0.2, 0.25) is 0 Å². The fourth-order valence-electron chi connectivity index (χ4n) is 2.47. The third kappa shape index (κ3) is 3.69. The van der Waals surface area contributed by atoms with Crippen molar-refractivity contribution in [3.05, 3.63) is 22.7 Å². The Balaban J connectivity index is 2.18. The van der Waals surface area contributed by atoms with Crippen molar-refractivity contribution in [3.63, 3.8) is 0 Å². The molecular formula is C13H19BrN2O2S2. The molecule has 1 aromatic carbocycles. The van der Waals surface area contributed by atoms with E-state index >= 15 is 0 Å². The van der Waals surface area contributed by atoms with E-state index in [4.69, 9.17) is 5.73 Å². The summed E-state index contributed by atoms with van der Waals surface area (Å²) in [4.78, 5) is 0.249. The molecule has 4 nitrogen and oxygen atoms in total. The Morgan fingerprint density at radius 2 is 2.20 bits per heavy atom. The average molecular weight is 379 g/mol. The van der Waals surface area contributed by atoms with Crippen LogP contribution >= 0.6 is 27.7 Å². The van der Waals surface area contributed by atoms with E-state index < -0.39 is 10.0 Å². The van der Waals surface area contributed by atoms with Gasteiger partial charge in [-0.15, -0.1) is 0 Å². The maximum absolute atomic E-state index is 12.5. The van der Waals surface area contributed by atoms with Gasteiger partial charge < -0.3 is 5.73 Å².